The molecule has 0 amide bonds. The second kappa shape index (κ2) is 10.3. The van der Waals surface area contributed by atoms with Gasteiger partial charge in [0.1, 0.15) is 0 Å². The van der Waals surface area contributed by atoms with Gasteiger partial charge in [0.25, 0.3) is 0 Å². The quantitative estimate of drug-likeness (QED) is 0.592. The van der Waals surface area contributed by atoms with Crippen molar-refractivity contribution < 1.29 is 0 Å². The summed E-state index contributed by atoms with van der Waals surface area (Å²) < 4.78 is 0. The summed E-state index contributed by atoms with van der Waals surface area (Å²) in [5.74, 6) is 0.878. The maximum Gasteiger partial charge on any atom is 0.191 e. The topological polar surface area (TPSA) is 42.9 Å². The lowest BCUT2D eigenvalue weighted by Crippen LogP contribution is -2.45. The van der Waals surface area contributed by atoms with Crippen molar-refractivity contribution in [2.45, 2.75) is 33.4 Å². The Morgan fingerprint density at radius 1 is 1.00 bits per heavy atom. The summed E-state index contributed by atoms with van der Waals surface area (Å²) in [5, 5.41) is 6.75. The van der Waals surface area contributed by atoms with Gasteiger partial charge in [-0.25, -0.2) is 0 Å². The van der Waals surface area contributed by atoms with E-state index in [1.54, 1.807) is 0 Å². The second-order valence-corrected chi connectivity index (χ2v) is 6.33. The van der Waals surface area contributed by atoms with Crippen LogP contribution >= 0.6 is 0 Å². The Morgan fingerprint density at radius 2 is 1.67 bits per heavy atom. The predicted molar refractivity (Wildman–Crippen MR) is 102 cm³/mol. The number of aliphatic imine (C=N–C) groups is 1. The van der Waals surface area contributed by atoms with Crippen LogP contribution in [0.2, 0.25) is 0 Å². The summed E-state index contributed by atoms with van der Waals surface area (Å²) in [4.78, 5) is 9.37. The van der Waals surface area contributed by atoms with Crippen molar-refractivity contribution in [1.29, 1.82) is 0 Å². The van der Waals surface area contributed by atoms with Gasteiger partial charge in [-0.1, -0.05) is 38.1 Å². The number of nitrogens with zero attached hydrogens (tertiary/aromatic N) is 3. The zero-order valence-electron chi connectivity index (χ0n) is 15.5. The number of hydrogen-bond donors (Lipinski definition) is 2. The molecule has 0 saturated carbocycles. The third-order valence-corrected chi connectivity index (χ3v) is 4.64. The van der Waals surface area contributed by atoms with Crippen molar-refractivity contribution in [3.8, 4) is 0 Å². The molecule has 2 N–H and O–H groups in total. The van der Waals surface area contributed by atoms with Crippen LogP contribution in [0.5, 0.6) is 0 Å². The normalized spacial score (nSPS) is 17.0. The number of nitrogens with one attached hydrogen (secondary N) is 2. The first kappa shape index (κ1) is 18.7. The molecule has 1 aliphatic rings. The van der Waals surface area contributed by atoms with Gasteiger partial charge in [-0.3, -0.25) is 9.89 Å². The van der Waals surface area contributed by atoms with Crippen LogP contribution in [0.4, 0.5) is 0 Å². The Bertz CT molecular complexity index is 506. The van der Waals surface area contributed by atoms with Crippen LogP contribution in [0.3, 0.4) is 0 Å². The van der Waals surface area contributed by atoms with Crippen molar-refractivity contribution in [3.63, 3.8) is 0 Å². The molecule has 0 aliphatic carbocycles. The highest BCUT2D eigenvalue weighted by atomic mass is 15.3. The average Bonchev–Trinajstić information content (AvgIpc) is 2.63. The summed E-state index contributed by atoms with van der Waals surface area (Å²) in [6, 6.07) is 8.74. The van der Waals surface area contributed by atoms with E-state index in [2.05, 4.69) is 63.5 Å². The van der Waals surface area contributed by atoms with E-state index in [0.717, 1.165) is 51.6 Å². The van der Waals surface area contributed by atoms with Crippen LogP contribution in [0, 0.1) is 0 Å². The van der Waals surface area contributed by atoms with Gasteiger partial charge in [0.15, 0.2) is 5.96 Å². The van der Waals surface area contributed by atoms with Gasteiger partial charge in [-0.05, 0) is 24.1 Å². The minimum Gasteiger partial charge on any atom is -0.356 e. The lowest BCUT2D eigenvalue weighted by Gasteiger charge is -2.34. The molecule has 134 valence electrons. The van der Waals surface area contributed by atoms with E-state index >= 15 is 0 Å². The fraction of sp³-hybridized carbons (Fsp3) is 0.632. The summed E-state index contributed by atoms with van der Waals surface area (Å²) in [6.45, 7) is 13.1. The number of guanidine groups is 1. The third kappa shape index (κ3) is 5.80. The van der Waals surface area contributed by atoms with E-state index < -0.39 is 0 Å². The Hall–Kier alpha value is -1.59. The zero-order chi connectivity index (χ0) is 17.2. The van der Waals surface area contributed by atoms with Crippen molar-refractivity contribution in [2.75, 3.05) is 46.3 Å². The smallest absolute Gasteiger partial charge is 0.191 e. The van der Waals surface area contributed by atoms with Gasteiger partial charge in [0.05, 0.1) is 0 Å². The van der Waals surface area contributed by atoms with Gasteiger partial charge in [-0.15, -0.1) is 0 Å². The molecule has 0 bridgehead atoms. The first-order chi connectivity index (χ1) is 11.8. The van der Waals surface area contributed by atoms with Crippen LogP contribution < -0.4 is 10.6 Å². The van der Waals surface area contributed by atoms with Crippen molar-refractivity contribution in [3.05, 3.63) is 35.4 Å². The van der Waals surface area contributed by atoms with E-state index in [0.29, 0.717) is 0 Å². The molecule has 0 spiro atoms. The summed E-state index contributed by atoms with van der Waals surface area (Å²) >= 11 is 0. The van der Waals surface area contributed by atoms with Crippen LogP contribution in [0.15, 0.2) is 29.3 Å². The molecule has 5 heteroatoms. The maximum absolute atomic E-state index is 4.28. The highest BCUT2D eigenvalue weighted by molar-refractivity contribution is 5.79. The SMILES string of the molecule is CCCNC(=NC)NCc1ccccc1CN1CCN(CC)CC1. The maximum atomic E-state index is 4.28. The van der Waals surface area contributed by atoms with E-state index in [1.165, 1.54) is 24.2 Å². The molecule has 1 saturated heterocycles. The monoisotopic (exact) mass is 331 g/mol. The average molecular weight is 332 g/mol. The Kier molecular flexibility index (Phi) is 8.05. The van der Waals surface area contributed by atoms with Gasteiger partial charge in [0, 0.05) is 52.9 Å². The number of hydrogen-bond acceptors (Lipinski definition) is 3. The van der Waals surface area contributed by atoms with Gasteiger partial charge in [0.2, 0.25) is 0 Å². The number of likely N-dealkylation sites (N-methyl/N-ethyl adjacent to an activating group) is 1. The second-order valence-electron chi connectivity index (χ2n) is 6.33. The minimum atomic E-state index is 0.814. The first-order valence-electron chi connectivity index (χ1n) is 9.22. The van der Waals surface area contributed by atoms with Gasteiger partial charge < -0.3 is 15.5 Å². The standard InChI is InChI=1S/C19H33N5/c1-4-10-21-19(20-3)22-15-17-8-6-7-9-18(17)16-24-13-11-23(5-2)12-14-24/h6-9H,4-5,10-16H2,1-3H3,(H2,20,21,22). The fourth-order valence-corrected chi connectivity index (χ4v) is 3.03. The molecule has 0 radical (unpaired) electrons. The molecule has 1 aliphatic heterocycles. The molecule has 0 aromatic heterocycles. The summed E-state index contributed by atoms with van der Waals surface area (Å²) in [6.07, 6.45) is 1.10. The molecule has 1 aromatic carbocycles. The molecule has 5 nitrogen and oxygen atoms in total. The lowest BCUT2D eigenvalue weighted by molar-refractivity contribution is 0.131. The highest BCUT2D eigenvalue weighted by Crippen LogP contribution is 2.13. The van der Waals surface area contributed by atoms with Gasteiger partial charge >= 0.3 is 0 Å². The molecular formula is C19H33N5. The zero-order valence-corrected chi connectivity index (χ0v) is 15.5. The van der Waals surface area contributed by atoms with Crippen LogP contribution in [0.25, 0.3) is 0 Å². The Labute approximate surface area is 147 Å². The molecule has 2 rings (SSSR count). The van der Waals surface area contributed by atoms with Crippen LogP contribution in [-0.4, -0.2) is 62.1 Å². The lowest BCUT2D eigenvalue weighted by atomic mass is 10.1. The predicted octanol–water partition coefficient (Wildman–Crippen LogP) is 1.90. The van der Waals surface area contributed by atoms with E-state index in [1.807, 2.05) is 7.05 Å². The molecule has 24 heavy (non-hydrogen) atoms. The molecular weight excluding hydrogens is 298 g/mol. The number of benzene rings is 1. The fourth-order valence-electron chi connectivity index (χ4n) is 3.03. The molecule has 1 aromatic rings. The molecule has 0 atom stereocenters. The number of piperazine rings is 1. The summed E-state index contributed by atoms with van der Waals surface area (Å²) in [7, 11) is 1.82. The van der Waals surface area contributed by atoms with Crippen LogP contribution in [0.1, 0.15) is 31.4 Å². The Morgan fingerprint density at radius 3 is 2.29 bits per heavy atom. The van der Waals surface area contributed by atoms with Crippen molar-refractivity contribution in [2.24, 2.45) is 4.99 Å². The van der Waals surface area contributed by atoms with E-state index in [4.69, 9.17) is 0 Å². The third-order valence-electron chi connectivity index (χ3n) is 4.64. The Balaban J connectivity index is 1.90. The van der Waals surface area contributed by atoms with Gasteiger partial charge in [-0.2, -0.15) is 0 Å². The van der Waals surface area contributed by atoms with Crippen molar-refractivity contribution in [1.82, 2.24) is 20.4 Å². The summed E-state index contributed by atoms with van der Waals surface area (Å²) in [5.41, 5.74) is 2.77. The number of rotatable bonds is 7. The minimum absolute atomic E-state index is 0.814. The van der Waals surface area contributed by atoms with E-state index in [-0.39, 0.29) is 0 Å². The first-order valence-corrected chi connectivity index (χ1v) is 9.22. The molecule has 1 fully saturated rings. The van der Waals surface area contributed by atoms with Crippen LogP contribution in [-0.2, 0) is 13.1 Å². The molecule has 0 unspecified atom stereocenters. The van der Waals surface area contributed by atoms with E-state index in [9.17, 15) is 0 Å². The van der Waals surface area contributed by atoms with Crippen molar-refractivity contribution >= 4 is 5.96 Å². The largest absolute Gasteiger partial charge is 0.356 e. The molecule has 1 heterocycles. The highest BCUT2D eigenvalue weighted by Gasteiger charge is 2.16.